The first-order valence-electron chi connectivity index (χ1n) is 10.1. The lowest BCUT2D eigenvalue weighted by Gasteiger charge is -2.29. The highest BCUT2D eigenvalue weighted by atomic mass is 19.4. The fourth-order valence-electron chi connectivity index (χ4n) is 3.53. The summed E-state index contributed by atoms with van der Waals surface area (Å²) < 4.78 is 61.4. The van der Waals surface area contributed by atoms with Crippen LogP contribution >= 0.6 is 0 Å². The zero-order valence-electron chi connectivity index (χ0n) is 17.5. The minimum atomic E-state index is -4.63. The van der Waals surface area contributed by atoms with E-state index in [0.29, 0.717) is 24.7 Å². The van der Waals surface area contributed by atoms with Crippen LogP contribution in [0.1, 0.15) is 25.6 Å². The Morgan fingerprint density at radius 1 is 1.09 bits per heavy atom. The molecule has 0 spiro atoms. The Labute approximate surface area is 182 Å². The first kappa shape index (κ1) is 22.0. The summed E-state index contributed by atoms with van der Waals surface area (Å²) in [6.07, 6.45) is -1.75. The van der Waals surface area contributed by atoms with Crippen molar-refractivity contribution in [3.8, 4) is 22.8 Å². The van der Waals surface area contributed by atoms with Gasteiger partial charge in [-0.25, -0.2) is 14.4 Å². The average molecular weight is 450 g/mol. The zero-order chi connectivity index (χ0) is 22.9. The van der Waals surface area contributed by atoms with Crippen LogP contribution in [0.15, 0.2) is 36.8 Å². The minimum absolute atomic E-state index is 0.0994. The van der Waals surface area contributed by atoms with Gasteiger partial charge in [-0.2, -0.15) is 18.3 Å². The Kier molecular flexibility index (Phi) is 6.00. The van der Waals surface area contributed by atoms with Crippen LogP contribution in [0.25, 0.3) is 11.3 Å². The highest BCUT2D eigenvalue weighted by Crippen LogP contribution is 2.40. The van der Waals surface area contributed by atoms with Gasteiger partial charge in [0.2, 0.25) is 0 Å². The topological polar surface area (TPSA) is 68.1 Å². The normalized spacial score (nSPS) is 14.8. The zero-order valence-corrected chi connectivity index (χ0v) is 17.5. The van der Waals surface area contributed by atoms with Crippen molar-refractivity contribution in [2.75, 3.05) is 31.1 Å². The third-order valence-corrected chi connectivity index (χ3v) is 5.03. The van der Waals surface area contributed by atoms with E-state index in [9.17, 15) is 17.6 Å². The molecule has 0 amide bonds. The van der Waals surface area contributed by atoms with Crippen molar-refractivity contribution in [1.29, 1.82) is 0 Å². The monoisotopic (exact) mass is 450 g/mol. The second-order valence-electron chi connectivity index (χ2n) is 7.64. The number of nitrogens with zero attached hydrogens (tertiary/aromatic N) is 5. The van der Waals surface area contributed by atoms with E-state index in [4.69, 9.17) is 4.74 Å². The maximum atomic E-state index is 14.2. The van der Waals surface area contributed by atoms with Crippen molar-refractivity contribution in [2.45, 2.75) is 26.1 Å². The molecule has 1 aliphatic rings. The molecule has 0 aliphatic carbocycles. The van der Waals surface area contributed by atoms with E-state index < -0.39 is 23.7 Å². The lowest BCUT2D eigenvalue weighted by Crippen LogP contribution is -2.44. The Morgan fingerprint density at radius 2 is 1.84 bits per heavy atom. The lowest BCUT2D eigenvalue weighted by molar-refractivity contribution is -0.141. The molecule has 1 aliphatic heterocycles. The molecule has 1 fully saturated rings. The average Bonchev–Trinajstić information content (AvgIpc) is 3.22. The summed E-state index contributed by atoms with van der Waals surface area (Å²) in [5.41, 5.74) is -0.805. The third kappa shape index (κ3) is 4.52. The number of nitrogens with one attached hydrogen (secondary N) is 1. The summed E-state index contributed by atoms with van der Waals surface area (Å²) in [6, 6.07) is 4.21. The molecule has 0 atom stereocenters. The van der Waals surface area contributed by atoms with Gasteiger partial charge in [0, 0.05) is 37.8 Å². The van der Waals surface area contributed by atoms with E-state index in [1.54, 1.807) is 13.8 Å². The van der Waals surface area contributed by atoms with E-state index in [0.717, 1.165) is 25.2 Å². The van der Waals surface area contributed by atoms with Gasteiger partial charge in [0.05, 0.1) is 11.9 Å². The number of aromatic nitrogens is 4. The molecule has 0 unspecified atom stereocenters. The van der Waals surface area contributed by atoms with E-state index >= 15 is 0 Å². The molecule has 32 heavy (non-hydrogen) atoms. The number of benzene rings is 1. The summed E-state index contributed by atoms with van der Waals surface area (Å²) in [4.78, 5) is 10.4. The van der Waals surface area contributed by atoms with Crippen molar-refractivity contribution in [3.63, 3.8) is 0 Å². The number of alkyl halides is 3. The molecule has 1 saturated heterocycles. The highest BCUT2D eigenvalue weighted by Gasteiger charge is 2.36. The maximum Gasteiger partial charge on any atom is 0.435 e. The third-order valence-electron chi connectivity index (χ3n) is 5.03. The summed E-state index contributed by atoms with van der Waals surface area (Å²) in [5.74, 6) is 0.455. The van der Waals surface area contributed by atoms with E-state index in [-0.39, 0.29) is 17.0 Å². The Bertz CT molecular complexity index is 1090. The molecule has 0 saturated carbocycles. The number of piperazine rings is 1. The van der Waals surface area contributed by atoms with Crippen LogP contribution in [0.2, 0.25) is 0 Å². The van der Waals surface area contributed by atoms with Crippen molar-refractivity contribution in [3.05, 3.63) is 48.3 Å². The van der Waals surface area contributed by atoms with Gasteiger partial charge < -0.3 is 15.0 Å². The number of anilines is 1. The van der Waals surface area contributed by atoms with Crippen LogP contribution in [0.4, 0.5) is 23.4 Å². The molecular weight excluding hydrogens is 428 g/mol. The van der Waals surface area contributed by atoms with Crippen LogP contribution in [0.3, 0.4) is 0 Å². The van der Waals surface area contributed by atoms with Crippen LogP contribution in [0, 0.1) is 5.82 Å². The molecule has 0 bridgehead atoms. The molecule has 7 nitrogen and oxygen atoms in total. The van der Waals surface area contributed by atoms with Gasteiger partial charge in [0.1, 0.15) is 17.9 Å². The van der Waals surface area contributed by atoms with Gasteiger partial charge in [-0.15, -0.1) is 0 Å². The number of hydrogen-bond acceptors (Lipinski definition) is 6. The van der Waals surface area contributed by atoms with Gasteiger partial charge in [-0.3, -0.25) is 4.68 Å². The van der Waals surface area contributed by atoms with Gasteiger partial charge >= 0.3 is 6.18 Å². The second-order valence-corrected chi connectivity index (χ2v) is 7.64. The largest absolute Gasteiger partial charge is 0.451 e. The molecular formula is C21H22F4N6O. The lowest BCUT2D eigenvalue weighted by atomic mass is 10.1. The molecule has 1 N–H and O–H groups in total. The number of rotatable bonds is 5. The van der Waals surface area contributed by atoms with Crippen LogP contribution in [-0.2, 0) is 6.18 Å². The molecule has 3 heterocycles. The smallest absolute Gasteiger partial charge is 0.435 e. The number of ether oxygens (including phenoxy) is 1. The molecule has 3 aromatic rings. The number of hydrogen-bond donors (Lipinski definition) is 1. The minimum Gasteiger partial charge on any atom is -0.451 e. The maximum absolute atomic E-state index is 14.2. The summed E-state index contributed by atoms with van der Waals surface area (Å²) >= 11 is 0. The van der Waals surface area contributed by atoms with Crippen molar-refractivity contribution >= 4 is 5.82 Å². The summed E-state index contributed by atoms with van der Waals surface area (Å²) in [7, 11) is 0. The standard InChI is InChI=1S/C21H22F4N6O/c1-13(2)31-16(10-19(29-31)21(23,24)25)15-9-14(22)3-4-17(15)32-18-11-27-12-28-20(18)30-7-5-26-6-8-30/h3-4,9-13,26H,5-8H2,1-2H3. The fraction of sp³-hybridized carbons (Fsp3) is 0.381. The Balaban J connectivity index is 1.78. The van der Waals surface area contributed by atoms with Crippen LogP contribution in [-0.4, -0.2) is 45.9 Å². The molecule has 170 valence electrons. The predicted molar refractivity (Wildman–Crippen MR) is 110 cm³/mol. The van der Waals surface area contributed by atoms with Crippen molar-refractivity contribution in [2.24, 2.45) is 0 Å². The Morgan fingerprint density at radius 3 is 2.53 bits per heavy atom. The van der Waals surface area contributed by atoms with Gasteiger partial charge in [-0.05, 0) is 38.1 Å². The van der Waals surface area contributed by atoms with E-state index in [1.807, 2.05) is 4.90 Å². The van der Waals surface area contributed by atoms with Gasteiger partial charge in [-0.1, -0.05) is 0 Å². The Hall–Kier alpha value is -3.21. The molecule has 11 heteroatoms. The quantitative estimate of drug-likeness (QED) is 0.586. The first-order valence-corrected chi connectivity index (χ1v) is 10.1. The second kappa shape index (κ2) is 8.73. The van der Waals surface area contributed by atoms with Gasteiger partial charge in [0.15, 0.2) is 17.3 Å². The van der Waals surface area contributed by atoms with Crippen LogP contribution < -0.4 is 15.0 Å². The van der Waals surface area contributed by atoms with Gasteiger partial charge in [0.25, 0.3) is 0 Å². The summed E-state index contributed by atoms with van der Waals surface area (Å²) in [6.45, 7) is 6.36. The van der Waals surface area contributed by atoms with E-state index in [2.05, 4.69) is 20.4 Å². The van der Waals surface area contributed by atoms with Crippen LogP contribution in [0.5, 0.6) is 11.5 Å². The predicted octanol–water partition coefficient (Wildman–Crippen LogP) is 4.28. The SMILES string of the molecule is CC(C)n1nc(C(F)(F)F)cc1-c1cc(F)ccc1Oc1cncnc1N1CCNCC1. The first-order chi connectivity index (χ1) is 15.2. The molecule has 1 aromatic carbocycles. The van der Waals surface area contributed by atoms with Crippen molar-refractivity contribution in [1.82, 2.24) is 25.1 Å². The summed E-state index contributed by atoms with van der Waals surface area (Å²) in [5, 5.41) is 6.95. The van der Waals surface area contributed by atoms with Crippen molar-refractivity contribution < 1.29 is 22.3 Å². The number of halogens is 4. The molecule has 4 rings (SSSR count). The molecule has 2 aromatic heterocycles. The highest BCUT2D eigenvalue weighted by molar-refractivity contribution is 5.69. The fourth-order valence-corrected chi connectivity index (χ4v) is 3.53. The molecule has 0 radical (unpaired) electrons. The van der Waals surface area contributed by atoms with E-state index in [1.165, 1.54) is 29.3 Å².